The molecule has 7 nitrogen and oxygen atoms in total. The Balaban J connectivity index is 1.21. The summed E-state index contributed by atoms with van der Waals surface area (Å²) in [6, 6.07) is 2.37. The molecule has 0 radical (unpaired) electrons. The largest absolute Gasteiger partial charge is 0.504 e. The Morgan fingerprint density at radius 2 is 1.44 bits per heavy atom. The fourth-order valence-corrected chi connectivity index (χ4v) is 12.4. The molecule has 0 saturated heterocycles. The highest BCUT2D eigenvalue weighted by atomic mass is 35.5. The second-order valence-corrected chi connectivity index (χ2v) is 15.3. The lowest BCUT2D eigenvalue weighted by atomic mass is 9.37. The Kier molecular flexibility index (Phi) is 5.09. The molecule has 0 aliphatic heterocycles. The van der Waals surface area contributed by atoms with E-state index in [1.54, 1.807) is 0 Å². The van der Waals surface area contributed by atoms with Crippen molar-refractivity contribution in [1.29, 1.82) is 0 Å². The van der Waals surface area contributed by atoms with Crippen molar-refractivity contribution in [3.05, 3.63) is 17.2 Å². The number of benzene rings is 1. The molecule has 36 heavy (non-hydrogen) atoms. The zero-order valence-electron chi connectivity index (χ0n) is 20.5. The minimum absolute atomic E-state index is 0.00277. The number of hydrogen-bond acceptors (Lipinski definition) is 4. The number of nitrogens with two attached hydrogens (primary N) is 1. The quantitative estimate of drug-likeness (QED) is 0.396. The molecule has 1 aromatic carbocycles. The van der Waals surface area contributed by atoms with E-state index < -0.39 is 20.7 Å². The average Bonchev–Trinajstić information content (AvgIpc) is 2.72. The number of phenolic OH excluding ortho intramolecular Hbond substituents is 1. The molecular weight excluding hydrogens is 498 g/mol. The van der Waals surface area contributed by atoms with Gasteiger partial charge >= 0.3 is 6.03 Å². The molecule has 3 unspecified atom stereocenters. The maximum Gasteiger partial charge on any atom is 0.319 e. The Bertz CT molecular complexity index is 1180. The third-order valence-electron chi connectivity index (χ3n) is 11.0. The number of anilines is 1. The predicted octanol–water partition coefficient (Wildman–Crippen LogP) is 5.23. The summed E-state index contributed by atoms with van der Waals surface area (Å²) in [5, 5.41) is 21.9. The van der Waals surface area contributed by atoms with Crippen molar-refractivity contribution in [2.24, 2.45) is 52.0 Å². The molecule has 0 spiro atoms. The topological polar surface area (TPSA) is 122 Å². The predicted molar refractivity (Wildman–Crippen MR) is 137 cm³/mol. The first-order valence-corrected chi connectivity index (χ1v) is 15.6. The normalized spacial score (nSPS) is 44.1. The molecule has 0 aromatic heterocycles. The van der Waals surface area contributed by atoms with E-state index in [1.807, 2.05) is 0 Å². The first kappa shape index (κ1) is 23.6. The summed E-state index contributed by atoms with van der Waals surface area (Å²) < 4.78 is 23.9. The van der Waals surface area contributed by atoms with Crippen LogP contribution < -0.4 is 15.8 Å². The Morgan fingerprint density at radius 3 is 1.97 bits per heavy atom. The van der Waals surface area contributed by atoms with Crippen molar-refractivity contribution in [3.63, 3.8) is 0 Å². The van der Waals surface area contributed by atoms with E-state index >= 15 is 0 Å². The number of carbonyl (C=O) groups excluding carboxylic acids is 1. The lowest BCUT2D eigenvalue weighted by Gasteiger charge is -2.70. The lowest BCUT2D eigenvalue weighted by molar-refractivity contribution is -0.180. The molecule has 8 aliphatic rings. The molecule has 9 heteroatoms. The number of urea groups is 1. The van der Waals surface area contributed by atoms with Crippen molar-refractivity contribution in [2.45, 2.75) is 81.1 Å². The van der Waals surface area contributed by atoms with Crippen LogP contribution in [-0.4, -0.2) is 25.1 Å². The van der Waals surface area contributed by atoms with E-state index in [9.17, 15) is 18.3 Å². The summed E-state index contributed by atoms with van der Waals surface area (Å²) in [4.78, 5) is 13.0. The van der Waals surface area contributed by atoms with Gasteiger partial charge in [0.25, 0.3) is 0 Å². The van der Waals surface area contributed by atoms with Crippen molar-refractivity contribution in [1.82, 2.24) is 5.32 Å². The van der Waals surface area contributed by atoms with Gasteiger partial charge in [-0.05, 0) is 130 Å². The van der Waals surface area contributed by atoms with Gasteiger partial charge in [-0.3, -0.25) is 0 Å². The molecule has 8 bridgehead atoms. The third kappa shape index (κ3) is 3.53. The van der Waals surface area contributed by atoms with E-state index in [0.29, 0.717) is 29.1 Å². The van der Waals surface area contributed by atoms with Gasteiger partial charge in [0.15, 0.2) is 5.75 Å². The van der Waals surface area contributed by atoms with Crippen molar-refractivity contribution in [3.8, 4) is 5.75 Å². The fourth-order valence-electron chi connectivity index (χ4n) is 11.2. The van der Waals surface area contributed by atoms with Crippen LogP contribution in [0, 0.1) is 46.8 Å². The van der Waals surface area contributed by atoms with E-state index in [1.165, 1.54) is 69.9 Å². The van der Waals surface area contributed by atoms with Gasteiger partial charge in [0.2, 0.25) is 10.0 Å². The molecule has 8 saturated carbocycles. The fraction of sp³-hybridized carbons (Fsp3) is 0.741. The number of hydrogen-bond donors (Lipinski definition) is 4. The van der Waals surface area contributed by atoms with Gasteiger partial charge in [-0.2, -0.15) is 0 Å². The van der Waals surface area contributed by atoms with Crippen LogP contribution in [0.4, 0.5) is 10.5 Å². The minimum atomic E-state index is -4.25. The van der Waals surface area contributed by atoms with E-state index in [4.69, 9.17) is 16.7 Å². The number of sulfonamides is 1. The number of rotatable bonds is 4. The number of phenols is 1. The molecule has 9 rings (SSSR count). The van der Waals surface area contributed by atoms with Gasteiger partial charge in [0.1, 0.15) is 4.90 Å². The Hall–Kier alpha value is -1.51. The standard InChI is InChI=1S/C27H36ClN3O4S/c28-20-1-2-21(22(32)23(20)36(29,34)35)30-25(33)31-27-12-17-6-18(13-27)8-19(7-17)24(27)26-9-14-3-15(10-26)5-16(4-14)11-26/h1-2,14-19,24,32H,3-13H2,(H2,29,34,35)(H2,30,31,33). The molecular formula is C27H36ClN3O4S. The van der Waals surface area contributed by atoms with Crippen LogP contribution in [0.1, 0.15) is 70.6 Å². The second-order valence-electron chi connectivity index (χ2n) is 13.4. The summed E-state index contributed by atoms with van der Waals surface area (Å²) >= 11 is 5.99. The van der Waals surface area contributed by atoms with Crippen molar-refractivity contribution >= 4 is 33.3 Å². The first-order valence-electron chi connectivity index (χ1n) is 13.7. The van der Waals surface area contributed by atoms with Crippen molar-refractivity contribution < 1.29 is 18.3 Å². The maximum atomic E-state index is 13.5. The van der Waals surface area contributed by atoms with Crippen LogP contribution >= 0.6 is 11.6 Å². The Labute approximate surface area is 218 Å². The Morgan fingerprint density at radius 1 is 0.917 bits per heavy atom. The highest BCUT2D eigenvalue weighted by Gasteiger charge is 2.66. The number of nitrogens with one attached hydrogen (secondary N) is 2. The number of amides is 2. The summed E-state index contributed by atoms with van der Waals surface area (Å²) in [6.45, 7) is 0. The number of carbonyl (C=O) groups is 1. The summed E-state index contributed by atoms with van der Waals surface area (Å²) in [5.74, 6) is 4.51. The minimum Gasteiger partial charge on any atom is -0.504 e. The summed E-state index contributed by atoms with van der Waals surface area (Å²) in [6.07, 6.45) is 14.2. The zero-order valence-corrected chi connectivity index (χ0v) is 22.1. The van der Waals surface area contributed by atoms with E-state index in [0.717, 1.165) is 30.6 Å². The average molecular weight is 534 g/mol. The first-order chi connectivity index (χ1) is 17.0. The van der Waals surface area contributed by atoms with Crippen LogP contribution in [0.15, 0.2) is 17.0 Å². The molecule has 1 aromatic rings. The van der Waals surface area contributed by atoms with Crippen LogP contribution in [0.2, 0.25) is 5.02 Å². The molecule has 0 heterocycles. The van der Waals surface area contributed by atoms with E-state index in [-0.39, 0.29) is 22.3 Å². The van der Waals surface area contributed by atoms with Gasteiger partial charge < -0.3 is 15.7 Å². The van der Waals surface area contributed by atoms with Crippen LogP contribution in [0.25, 0.3) is 0 Å². The van der Waals surface area contributed by atoms with Crippen molar-refractivity contribution in [2.75, 3.05) is 5.32 Å². The lowest BCUT2D eigenvalue weighted by Crippen LogP contribution is -2.71. The van der Waals surface area contributed by atoms with Crippen LogP contribution in [0.3, 0.4) is 0 Å². The highest BCUT2D eigenvalue weighted by Crippen LogP contribution is 2.71. The van der Waals surface area contributed by atoms with Gasteiger partial charge in [-0.15, -0.1) is 0 Å². The highest BCUT2D eigenvalue weighted by molar-refractivity contribution is 7.89. The molecule has 3 atom stereocenters. The molecule has 5 N–H and O–H groups in total. The molecule has 196 valence electrons. The van der Waals surface area contributed by atoms with E-state index in [2.05, 4.69) is 10.6 Å². The number of primary sulfonamides is 1. The summed E-state index contributed by atoms with van der Waals surface area (Å²) in [5.41, 5.74) is 0.121. The zero-order chi connectivity index (χ0) is 25.0. The van der Waals surface area contributed by atoms with Gasteiger partial charge in [0.05, 0.1) is 10.7 Å². The molecule has 2 amide bonds. The smallest absolute Gasteiger partial charge is 0.319 e. The van der Waals surface area contributed by atoms with Gasteiger partial charge in [-0.1, -0.05) is 11.6 Å². The monoisotopic (exact) mass is 533 g/mol. The van der Waals surface area contributed by atoms with Crippen LogP contribution in [0.5, 0.6) is 5.75 Å². The van der Waals surface area contributed by atoms with Gasteiger partial charge in [0, 0.05) is 5.54 Å². The maximum absolute atomic E-state index is 13.5. The SMILES string of the molecule is NS(=O)(=O)c1c(Cl)ccc(NC(=O)NC23CC4CC(CC(C4)C2C24CC5CC(CC(C5)C2)C4)C3)c1O. The number of aromatic hydroxyl groups is 1. The summed E-state index contributed by atoms with van der Waals surface area (Å²) in [7, 11) is -4.25. The molecule has 8 aliphatic carbocycles. The van der Waals surface area contributed by atoms with Gasteiger partial charge in [-0.25, -0.2) is 18.4 Å². The number of halogens is 1. The third-order valence-corrected chi connectivity index (χ3v) is 12.4. The second kappa shape index (κ2) is 7.76. The molecule has 8 fully saturated rings. The van der Waals surface area contributed by atoms with Crippen LogP contribution in [-0.2, 0) is 10.0 Å².